The van der Waals surface area contributed by atoms with E-state index in [0.29, 0.717) is 19.4 Å². The Morgan fingerprint density at radius 3 is 2.87 bits per heavy atom. The minimum Gasteiger partial charge on any atom is -0.350 e. The van der Waals surface area contributed by atoms with Gasteiger partial charge < -0.3 is 5.32 Å². The number of hydrogen-bond acceptors (Lipinski definition) is 3. The zero-order chi connectivity index (χ0) is 16.1. The lowest BCUT2D eigenvalue weighted by Gasteiger charge is -2.01. The van der Waals surface area contributed by atoms with Crippen LogP contribution in [0, 0.1) is 0 Å². The summed E-state index contributed by atoms with van der Waals surface area (Å²) >= 11 is 0. The van der Waals surface area contributed by atoms with Crippen molar-refractivity contribution in [3.8, 4) is 0 Å². The van der Waals surface area contributed by atoms with E-state index < -0.39 is 0 Å². The van der Waals surface area contributed by atoms with Gasteiger partial charge in [0, 0.05) is 25.1 Å². The largest absolute Gasteiger partial charge is 0.350 e. The second-order valence-electron chi connectivity index (χ2n) is 5.75. The Labute approximate surface area is 135 Å². The standard InChI is InChI=1S/C18H19N3O2/c22-17(8-6-16-7-9-18(23)20-16)10-15-11-19-21(13-15)12-14-4-2-1-3-5-14/h1-6,8,11,13,16H,7,9-10,12H2,(H,20,23)/b8-6+/t16-/m0/s1. The Hall–Kier alpha value is -2.69. The molecule has 1 saturated heterocycles. The van der Waals surface area contributed by atoms with E-state index in [9.17, 15) is 9.59 Å². The van der Waals surface area contributed by atoms with Gasteiger partial charge in [-0.25, -0.2) is 0 Å². The third-order valence-corrected chi connectivity index (χ3v) is 3.80. The SMILES string of the molecule is O=C(/C=C/[C@H]1CCC(=O)N1)Cc1cnn(Cc2ccccc2)c1. The van der Waals surface area contributed by atoms with Crippen molar-refractivity contribution in [3.05, 3.63) is 66.0 Å². The van der Waals surface area contributed by atoms with E-state index in [0.717, 1.165) is 12.0 Å². The fourth-order valence-corrected chi connectivity index (χ4v) is 2.62. The first kappa shape index (κ1) is 15.2. The van der Waals surface area contributed by atoms with Gasteiger partial charge in [0.1, 0.15) is 0 Å². The molecule has 1 aliphatic rings. The molecule has 118 valence electrons. The fraction of sp³-hybridized carbons (Fsp3) is 0.278. The summed E-state index contributed by atoms with van der Waals surface area (Å²) in [5.74, 6) is 0.0692. The van der Waals surface area contributed by atoms with Crippen LogP contribution in [-0.2, 0) is 22.6 Å². The first-order valence-corrected chi connectivity index (χ1v) is 7.75. The highest BCUT2D eigenvalue weighted by molar-refractivity contribution is 5.91. The van der Waals surface area contributed by atoms with Gasteiger partial charge in [0.15, 0.2) is 5.78 Å². The predicted octanol–water partition coefficient (Wildman–Crippen LogP) is 1.88. The molecule has 2 heterocycles. The smallest absolute Gasteiger partial charge is 0.220 e. The molecular weight excluding hydrogens is 290 g/mol. The number of allylic oxidation sites excluding steroid dienone is 1. The number of hydrogen-bond donors (Lipinski definition) is 1. The van der Waals surface area contributed by atoms with Gasteiger partial charge in [-0.15, -0.1) is 0 Å². The van der Waals surface area contributed by atoms with Crippen LogP contribution in [0.2, 0.25) is 0 Å². The predicted molar refractivity (Wildman–Crippen MR) is 86.8 cm³/mol. The van der Waals surface area contributed by atoms with E-state index in [1.165, 1.54) is 5.56 Å². The second kappa shape index (κ2) is 7.05. The number of ketones is 1. The number of amides is 1. The van der Waals surface area contributed by atoms with E-state index >= 15 is 0 Å². The lowest BCUT2D eigenvalue weighted by Crippen LogP contribution is -2.23. The molecule has 1 aliphatic heterocycles. The molecule has 0 saturated carbocycles. The highest BCUT2D eigenvalue weighted by Crippen LogP contribution is 2.09. The summed E-state index contributed by atoms with van der Waals surface area (Å²) in [6.45, 7) is 0.693. The summed E-state index contributed by atoms with van der Waals surface area (Å²) in [5.41, 5.74) is 2.07. The summed E-state index contributed by atoms with van der Waals surface area (Å²) in [4.78, 5) is 23.1. The quantitative estimate of drug-likeness (QED) is 0.829. The van der Waals surface area contributed by atoms with E-state index in [-0.39, 0.29) is 17.7 Å². The highest BCUT2D eigenvalue weighted by Gasteiger charge is 2.18. The van der Waals surface area contributed by atoms with Gasteiger partial charge in [0.2, 0.25) is 5.91 Å². The topological polar surface area (TPSA) is 64.0 Å². The van der Waals surface area contributed by atoms with Crippen molar-refractivity contribution in [2.45, 2.75) is 31.8 Å². The van der Waals surface area contributed by atoms with Crippen molar-refractivity contribution < 1.29 is 9.59 Å². The number of nitrogens with one attached hydrogen (secondary N) is 1. The van der Waals surface area contributed by atoms with Crippen molar-refractivity contribution in [2.75, 3.05) is 0 Å². The monoisotopic (exact) mass is 309 g/mol. The van der Waals surface area contributed by atoms with Crippen molar-refractivity contribution in [1.82, 2.24) is 15.1 Å². The van der Waals surface area contributed by atoms with Crippen LogP contribution in [0.25, 0.3) is 0 Å². The van der Waals surface area contributed by atoms with Crippen LogP contribution >= 0.6 is 0 Å². The Balaban J connectivity index is 1.53. The summed E-state index contributed by atoms with van der Waals surface area (Å²) < 4.78 is 1.83. The minimum absolute atomic E-state index is 0.00717. The third kappa shape index (κ3) is 4.39. The molecule has 0 unspecified atom stereocenters. The maximum absolute atomic E-state index is 12.0. The molecule has 0 radical (unpaired) electrons. The van der Waals surface area contributed by atoms with Crippen molar-refractivity contribution in [1.29, 1.82) is 0 Å². The lowest BCUT2D eigenvalue weighted by molar-refractivity contribution is -0.119. The normalized spacial score (nSPS) is 17.6. The molecule has 5 nitrogen and oxygen atoms in total. The minimum atomic E-state index is -0.00717. The summed E-state index contributed by atoms with van der Waals surface area (Å²) in [7, 11) is 0. The van der Waals surface area contributed by atoms with Gasteiger partial charge in [-0.2, -0.15) is 5.10 Å². The van der Waals surface area contributed by atoms with Crippen molar-refractivity contribution >= 4 is 11.7 Å². The fourth-order valence-electron chi connectivity index (χ4n) is 2.62. The molecular formula is C18H19N3O2. The Kier molecular flexibility index (Phi) is 4.66. The number of benzene rings is 1. The molecule has 23 heavy (non-hydrogen) atoms. The Morgan fingerprint density at radius 2 is 2.13 bits per heavy atom. The van der Waals surface area contributed by atoms with Crippen LogP contribution in [0.5, 0.6) is 0 Å². The van der Waals surface area contributed by atoms with Crippen LogP contribution in [0.4, 0.5) is 0 Å². The van der Waals surface area contributed by atoms with Gasteiger partial charge in [-0.05, 0) is 23.6 Å². The average molecular weight is 309 g/mol. The third-order valence-electron chi connectivity index (χ3n) is 3.80. The summed E-state index contributed by atoms with van der Waals surface area (Å²) in [6, 6.07) is 10.1. The number of nitrogens with zero attached hydrogens (tertiary/aromatic N) is 2. The summed E-state index contributed by atoms with van der Waals surface area (Å²) in [6.07, 6.45) is 8.59. The molecule has 3 rings (SSSR count). The van der Waals surface area contributed by atoms with E-state index in [4.69, 9.17) is 0 Å². The zero-order valence-corrected chi connectivity index (χ0v) is 12.8. The highest BCUT2D eigenvalue weighted by atomic mass is 16.2. The van der Waals surface area contributed by atoms with Crippen LogP contribution in [0.15, 0.2) is 54.9 Å². The van der Waals surface area contributed by atoms with Gasteiger partial charge in [0.25, 0.3) is 0 Å². The average Bonchev–Trinajstić information content (AvgIpc) is 3.15. The van der Waals surface area contributed by atoms with E-state index in [1.807, 2.05) is 41.2 Å². The van der Waals surface area contributed by atoms with Crippen LogP contribution in [0.3, 0.4) is 0 Å². The molecule has 1 amide bonds. The van der Waals surface area contributed by atoms with Crippen molar-refractivity contribution in [2.24, 2.45) is 0 Å². The molecule has 2 aromatic rings. The number of carbonyl (C=O) groups is 2. The van der Waals surface area contributed by atoms with E-state index in [2.05, 4.69) is 10.4 Å². The van der Waals surface area contributed by atoms with Gasteiger partial charge in [0.05, 0.1) is 12.7 Å². The number of carbonyl (C=O) groups excluding carboxylic acids is 2. The van der Waals surface area contributed by atoms with Gasteiger partial charge in [-0.3, -0.25) is 14.3 Å². The molecule has 1 aromatic carbocycles. The first-order chi connectivity index (χ1) is 11.2. The Morgan fingerprint density at radius 1 is 1.30 bits per heavy atom. The molecule has 0 aliphatic carbocycles. The number of aromatic nitrogens is 2. The van der Waals surface area contributed by atoms with Crippen LogP contribution in [0.1, 0.15) is 24.0 Å². The van der Waals surface area contributed by atoms with Gasteiger partial charge in [-0.1, -0.05) is 36.4 Å². The zero-order valence-electron chi connectivity index (χ0n) is 12.8. The Bertz CT molecular complexity index is 719. The van der Waals surface area contributed by atoms with Gasteiger partial charge >= 0.3 is 0 Å². The molecule has 0 bridgehead atoms. The van der Waals surface area contributed by atoms with Crippen LogP contribution < -0.4 is 5.32 Å². The molecule has 0 spiro atoms. The second-order valence-corrected chi connectivity index (χ2v) is 5.75. The molecule has 1 atom stereocenters. The van der Waals surface area contributed by atoms with Crippen LogP contribution in [-0.4, -0.2) is 27.5 Å². The van der Waals surface area contributed by atoms with E-state index in [1.54, 1.807) is 18.3 Å². The number of rotatable bonds is 6. The summed E-state index contributed by atoms with van der Waals surface area (Å²) in [5, 5.41) is 7.11. The van der Waals surface area contributed by atoms with Crippen molar-refractivity contribution in [3.63, 3.8) is 0 Å². The molecule has 1 fully saturated rings. The maximum Gasteiger partial charge on any atom is 0.220 e. The lowest BCUT2D eigenvalue weighted by atomic mass is 10.1. The molecule has 5 heteroatoms. The first-order valence-electron chi connectivity index (χ1n) is 7.75. The maximum atomic E-state index is 12.0. The molecule has 1 N–H and O–H groups in total. The molecule has 1 aromatic heterocycles.